The van der Waals surface area contributed by atoms with E-state index in [0.717, 1.165) is 0 Å². The van der Waals surface area contributed by atoms with Crippen molar-refractivity contribution in [2.75, 3.05) is 40.6 Å². The lowest BCUT2D eigenvalue weighted by atomic mass is 10.6. The van der Waals surface area contributed by atoms with Crippen molar-refractivity contribution >= 4 is 0 Å². The summed E-state index contributed by atoms with van der Waals surface area (Å²) < 4.78 is 25.1. The molecule has 2 atom stereocenters. The SMILES string of the molecule is COCCOC(C)n1cc[n+](C(C)OCCOC)c1.[I-]. The van der Waals surface area contributed by atoms with Crippen LogP contribution in [0.1, 0.15) is 26.3 Å². The van der Waals surface area contributed by atoms with E-state index >= 15 is 0 Å². The summed E-state index contributed by atoms with van der Waals surface area (Å²) in [6, 6.07) is 0. The minimum atomic E-state index is -0.0254. The largest absolute Gasteiger partial charge is 1.00 e. The van der Waals surface area contributed by atoms with Gasteiger partial charge in [0.25, 0.3) is 0 Å². The van der Waals surface area contributed by atoms with E-state index in [1.807, 2.05) is 41.7 Å². The van der Waals surface area contributed by atoms with Crippen molar-refractivity contribution in [3.05, 3.63) is 18.7 Å². The molecule has 1 aromatic heterocycles. The Morgan fingerprint density at radius 3 is 2.20 bits per heavy atom. The Kier molecular flexibility index (Phi) is 11.3. The second-order valence-corrected chi connectivity index (χ2v) is 4.23. The zero-order valence-electron chi connectivity index (χ0n) is 12.6. The average molecular weight is 400 g/mol. The van der Waals surface area contributed by atoms with Crippen molar-refractivity contribution < 1.29 is 47.5 Å². The Hall–Kier alpha value is -0.220. The number of nitrogens with zero attached hydrogens (tertiary/aromatic N) is 2. The van der Waals surface area contributed by atoms with Crippen LogP contribution in [0.4, 0.5) is 0 Å². The molecule has 0 radical (unpaired) electrons. The quantitative estimate of drug-likeness (QED) is 0.263. The van der Waals surface area contributed by atoms with E-state index in [9.17, 15) is 0 Å². The Balaban J connectivity index is 0.00000361. The van der Waals surface area contributed by atoms with Crippen LogP contribution in [0, 0.1) is 0 Å². The first-order valence-electron chi connectivity index (χ1n) is 6.48. The molecule has 0 saturated heterocycles. The third kappa shape index (κ3) is 6.98. The summed E-state index contributed by atoms with van der Waals surface area (Å²) in [7, 11) is 3.33. The molecule has 20 heavy (non-hydrogen) atoms. The molecule has 0 saturated carbocycles. The number of ether oxygens (including phenoxy) is 4. The normalized spacial score (nSPS) is 13.8. The molecule has 118 valence electrons. The van der Waals surface area contributed by atoms with Crippen LogP contribution in [-0.4, -0.2) is 45.2 Å². The Morgan fingerprint density at radius 2 is 1.60 bits per heavy atom. The van der Waals surface area contributed by atoms with Gasteiger partial charge in [0.1, 0.15) is 12.4 Å². The lowest BCUT2D eigenvalue weighted by molar-refractivity contribution is -0.758. The van der Waals surface area contributed by atoms with Crippen LogP contribution in [0.25, 0.3) is 0 Å². The standard InChI is InChI=1S/C13H25N2O4.HI/c1-12(18-9-7-16-3)14-5-6-15(11-14)13(2)19-10-8-17-4;/h5-6,11-13H,7-10H2,1-4H3;1H/q+1;/p-1. The van der Waals surface area contributed by atoms with Gasteiger partial charge in [-0.15, -0.1) is 0 Å². The van der Waals surface area contributed by atoms with Crippen LogP contribution in [0.5, 0.6) is 0 Å². The summed E-state index contributed by atoms with van der Waals surface area (Å²) in [6.45, 7) is 6.35. The van der Waals surface area contributed by atoms with Gasteiger partial charge in [-0.1, -0.05) is 0 Å². The monoisotopic (exact) mass is 400 g/mol. The van der Waals surface area contributed by atoms with Crippen LogP contribution in [0.3, 0.4) is 0 Å². The molecule has 0 fully saturated rings. The maximum absolute atomic E-state index is 5.62. The van der Waals surface area contributed by atoms with Crippen molar-refractivity contribution in [2.24, 2.45) is 0 Å². The summed E-state index contributed by atoms with van der Waals surface area (Å²) in [5, 5.41) is 0. The van der Waals surface area contributed by atoms with Crippen molar-refractivity contribution in [3.63, 3.8) is 0 Å². The van der Waals surface area contributed by atoms with Crippen molar-refractivity contribution in [1.82, 2.24) is 4.57 Å². The highest BCUT2D eigenvalue weighted by Gasteiger charge is 2.15. The van der Waals surface area contributed by atoms with Gasteiger partial charge in [0.2, 0.25) is 6.33 Å². The molecule has 7 heteroatoms. The maximum atomic E-state index is 5.62. The zero-order valence-corrected chi connectivity index (χ0v) is 14.8. The topological polar surface area (TPSA) is 45.7 Å². The molecule has 0 spiro atoms. The number of hydrogen-bond acceptors (Lipinski definition) is 4. The van der Waals surface area contributed by atoms with Gasteiger partial charge in [0.15, 0.2) is 12.5 Å². The third-order valence-corrected chi connectivity index (χ3v) is 2.81. The first-order valence-corrected chi connectivity index (χ1v) is 6.48. The van der Waals surface area contributed by atoms with Crippen LogP contribution in [-0.2, 0) is 18.9 Å². The van der Waals surface area contributed by atoms with Crippen molar-refractivity contribution in [2.45, 2.75) is 26.3 Å². The van der Waals surface area contributed by atoms with E-state index in [0.29, 0.717) is 26.4 Å². The Bertz CT molecular complexity index is 318. The molecule has 0 amide bonds. The van der Waals surface area contributed by atoms with Crippen LogP contribution < -0.4 is 28.5 Å². The molecule has 0 aliphatic rings. The summed E-state index contributed by atoms with van der Waals surface area (Å²) >= 11 is 0. The summed E-state index contributed by atoms with van der Waals surface area (Å²) in [6.07, 6.45) is 5.85. The molecule has 1 heterocycles. The number of hydrogen-bond donors (Lipinski definition) is 0. The van der Waals surface area contributed by atoms with Crippen molar-refractivity contribution in [1.29, 1.82) is 0 Å². The zero-order chi connectivity index (χ0) is 14.1. The van der Waals surface area contributed by atoms with Crippen molar-refractivity contribution in [3.8, 4) is 0 Å². The van der Waals surface area contributed by atoms with Crippen LogP contribution in [0.2, 0.25) is 0 Å². The third-order valence-electron chi connectivity index (χ3n) is 2.81. The van der Waals surface area contributed by atoms with E-state index in [1.54, 1.807) is 14.2 Å². The predicted octanol–water partition coefficient (Wildman–Crippen LogP) is -1.86. The molecular formula is C13H25IN2O4. The highest BCUT2D eigenvalue weighted by atomic mass is 127. The van der Waals surface area contributed by atoms with Gasteiger partial charge in [-0.05, 0) is 0 Å². The molecule has 0 N–H and O–H groups in total. The second-order valence-electron chi connectivity index (χ2n) is 4.23. The van der Waals surface area contributed by atoms with E-state index in [2.05, 4.69) is 0 Å². The van der Waals surface area contributed by atoms with E-state index in [4.69, 9.17) is 18.9 Å². The van der Waals surface area contributed by atoms with Gasteiger partial charge in [0.05, 0.1) is 26.4 Å². The molecule has 2 unspecified atom stereocenters. The summed E-state index contributed by atoms with van der Waals surface area (Å²) in [4.78, 5) is 0. The molecule has 1 rings (SSSR count). The van der Waals surface area contributed by atoms with Gasteiger partial charge in [-0.3, -0.25) is 0 Å². The van der Waals surface area contributed by atoms with Gasteiger partial charge in [-0.2, -0.15) is 0 Å². The smallest absolute Gasteiger partial charge is 0.248 e. The Labute approximate surface area is 138 Å². The lowest BCUT2D eigenvalue weighted by Crippen LogP contribution is -3.00. The Morgan fingerprint density at radius 1 is 1.00 bits per heavy atom. The molecule has 6 nitrogen and oxygen atoms in total. The number of methoxy groups -OCH3 is 2. The summed E-state index contributed by atoms with van der Waals surface area (Å²) in [5.74, 6) is 0. The summed E-state index contributed by atoms with van der Waals surface area (Å²) in [5.41, 5.74) is 0. The number of rotatable bonds is 10. The van der Waals surface area contributed by atoms with E-state index < -0.39 is 0 Å². The fourth-order valence-electron chi connectivity index (χ4n) is 1.59. The highest BCUT2D eigenvalue weighted by Crippen LogP contribution is 2.07. The first-order chi connectivity index (χ1) is 9.19. The number of halogens is 1. The minimum Gasteiger partial charge on any atom is -1.00 e. The van der Waals surface area contributed by atoms with Crippen LogP contribution >= 0.6 is 0 Å². The molecule has 0 aliphatic heterocycles. The maximum Gasteiger partial charge on any atom is 0.248 e. The molecular weight excluding hydrogens is 375 g/mol. The van der Waals surface area contributed by atoms with Gasteiger partial charge in [0, 0.05) is 28.1 Å². The lowest BCUT2D eigenvalue weighted by Gasteiger charge is -2.10. The molecule has 1 aromatic rings. The average Bonchev–Trinajstić information content (AvgIpc) is 2.89. The second kappa shape index (κ2) is 11.4. The van der Waals surface area contributed by atoms with E-state index in [-0.39, 0.29) is 36.4 Å². The van der Waals surface area contributed by atoms with Gasteiger partial charge < -0.3 is 42.9 Å². The molecule has 0 aliphatic carbocycles. The molecule has 0 aromatic carbocycles. The number of imidazole rings is 1. The first kappa shape index (κ1) is 19.8. The highest BCUT2D eigenvalue weighted by molar-refractivity contribution is 4.68. The van der Waals surface area contributed by atoms with Crippen LogP contribution in [0.15, 0.2) is 18.7 Å². The number of aromatic nitrogens is 2. The minimum absolute atomic E-state index is 0. The fraction of sp³-hybridized carbons (Fsp3) is 0.769. The van der Waals surface area contributed by atoms with Gasteiger partial charge in [-0.25, -0.2) is 9.13 Å². The van der Waals surface area contributed by atoms with Gasteiger partial charge >= 0.3 is 0 Å². The fourth-order valence-corrected chi connectivity index (χ4v) is 1.59. The molecule has 0 bridgehead atoms. The predicted molar refractivity (Wildman–Crippen MR) is 69.7 cm³/mol. The van der Waals surface area contributed by atoms with E-state index in [1.165, 1.54) is 0 Å².